The first-order valence-corrected chi connectivity index (χ1v) is 3.94. The molecule has 12 heavy (non-hydrogen) atoms. The van der Waals surface area contributed by atoms with Gasteiger partial charge < -0.3 is 15.6 Å². The Morgan fingerprint density at radius 1 is 1.58 bits per heavy atom. The van der Waals surface area contributed by atoms with Crippen LogP contribution in [0.15, 0.2) is 17.5 Å². The van der Waals surface area contributed by atoms with E-state index in [1.54, 1.807) is 12.5 Å². The number of hydrogen-bond acceptors (Lipinski definition) is 4. The molecule has 0 saturated carbocycles. The van der Waals surface area contributed by atoms with E-state index in [0.717, 1.165) is 31.3 Å². The van der Waals surface area contributed by atoms with Crippen molar-refractivity contribution in [1.82, 2.24) is 20.6 Å². The summed E-state index contributed by atoms with van der Waals surface area (Å²) in [4.78, 5) is 11.1. The highest BCUT2D eigenvalue weighted by Gasteiger charge is 2.03. The van der Waals surface area contributed by atoms with E-state index in [9.17, 15) is 0 Å². The Balaban J connectivity index is 1.82. The van der Waals surface area contributed by atoms with Crippen LogP contribution in [-0.4, -0.2) is 29.0 Å². The summed E-state index contributed by atoms with van der Waals surface area (Å²) in [7, 11) is 0. The van der Waals surface area contributed by atoms with Crippen LogP contribution in [-0.2, 0) is 6.54 Å². The summed E-state index contributed by atoms with van der Waals surface area (Å²) in [6, 6.07) is 0. The lowest BCUT2D eigenvalue weighted by atomic mass is 10.5. The standard InChI is InChI=1S/C7H11N5/c1-2-10-7(9-1)11-4-6-3-8-5-12-6/h3,5H,1-2,4H2,(H,8,12)(H2,9,10,11). The second-order valence-electron chi connectivity index (χ2n) is 2.59. The van der Waals surface area contributed by atoms with Crippen molar-refractivity contribution in [3.05, 3.63) is 18.2 Å². The summed E-state index contributed by atoms with van der Waals surface area (Å²) in [6.45, 7) is 2.54. The molecule has 1 aliphatic heterocycles. The summed E-state index contributed by atoms with van der Waals surface area (Å²) >= 11 is 0. The molecule has 64 valence electrons. The fourth-order valence-corrected chi connectivity index (χ4v) is 1.08. The van der Waals surface area contributed by atoms with Crippen molar-refractivity contribution in [3.63, 3.8) is 0 Å². The second-order valence-corrected chi connectivity index (χ2v) is 2.59. The van der Waals surface area contributed by atoms with Gasteiger partial charge in [-0.3, -0.25) is 4.99 Å². The Morgan fingerprint density at radius 3 is 3.25 bits per heavy atom. The van der Waals surface area contributed by atoms with Gasteiger partial charge in [0.15, 0.2) is 5.96 Å². The number of rotatable bonds is 2. The summed E-state index contributed by atoms with van der Waals surface area (Å²) in [5.41, 5.74) is 1.06. The molecule has 1 aromatic rings. The van der Waals surface area contributed by atoms with Crippen LogP contribution in [0.1, 0.15) is 5.69 Å². The van der Waals surface area contributed by atoms with E-state index in [1.165, 1.54) is 0 Å². The van der Waals surface area contributed by atoms with E-state index in [-0.39, 0.29) is 0 Å². The van der Waals surface area contributed by atoms with E-state index >= 15 is 0 Å². The molecule has 0 fully saturated rings. The van der Waals surface area contributed by atoms with Crippen LogP contribution in [0, 0.1) is 0 Å². The molecule has 0 bridgehead atoms. The van der Waals surface area contributed by atoms with E-state index in [2.05, 4.69) is 25.6 Å². The normalized spacial score (nSPS) is 15.5. The molecular weight excluding hydrogens is 154 g/mol. The van der Waals surface area contributed by atoms with Crippen LogP contribution in [0.25, 0.3) is 0 Å². The Labute approximate surface area is 70.3 Å². The van der Waals surface area contributed by atoms with Gasteiger partial charge in [-0.1, -0.05) is 0 Å². The number of aliphatic imine (C=N–C) groups is 1. The predicted molar refractivity (Wildman–Crippen MR) is 45.7 cm³/mol. The summed E-state index contributed by atoms with van der Waals surface area (Å²) in [5, 5.41) is 6.28. The number of imidazole rings is 1. The maximum atomic E-state index is 4.20. The van der Waals surface area contributed by atoms with Crippen molar-refractivity contribution in [2.45, 2.75) is 6.54 Å². The molecule has 0 unspecified atom stereocenters. The Bertz CT molecular complexity index is 263. The average molecular weight is 165 g/mol. The van der Waals surface area contributed by atoms with Crippen LogP contribution in [0.2, 0.25) is 0 Å². The molecule has 1 aliphatic rings. The minimum absolute atomic E-state index is 0.742. The highest BCUT2D eigenvalue weighted by atomic mass is 15.2. The Hall–Kier alpha value is -1.52. The van der Waals surface area contributed by atoms with Crippen molar-refractivity contribution in [1.29, 1.82) is 0 Å². The zero-order valence-corrected chi connectivity index (χ0v) is 6.67. The van der Waals surface area contributed by atoms with Gasteiger partial charge in [0.2, 0.25) is 0 Å². The number of aromatic nitrogens is 2. The molecule has 1 aromatic heterocycles. The Morgan fingerprint density at radius 2 is 2.58 bits per heavy atom. The monoisotopic (exact) mass is 165 g/mol. The quantitative estimate of drug-likeness (QED) is 0.551. The minimum Gasteiger partial charge on any atom is -0.355 e. The number of nitrogens with one attached hydrogen (secondary N) is 3. The van der Waals surface area contributed by atoms with E-state index in [4.69, 9.17) is 0 Å². The molecule has 5 heteroatoms. The number of nitrogens with zero attached hydrogens (tertiary/aromatic N) is 2. The molecule has 0 radical (unpaired) electrons. The van der Waals surface area contributed by atoms with E-state index in [0.29, 0.717) is 0 Å². The van der Waals surface area contributed by atoms with Crippen molar-refractivity contribution in [2.75, 3.05) is 13.1 Å². The predicted octanol–water partition coefficient (Wildman–Crippen LogP) is -0.541. The average Bonchev–Trinajstić information content (AvgIpc) is 2.74. The lowest BCUT2D eigenvalue weighted by molar-refractivity contribution is 0.847. The summed E-state index contributed by atoms with van der Waals surface area (Å²) < 4.78 is 0. The highest BCUT2D eigenvalue weighted by Crippen LogP contribution is 1.90. The van der Waals surface area contributed by atoms with Crippen LogP contribution < -0.4 is 10.6 Å². The SMILES string of the molecule is c1ncc(CNC2=NCCN2)[nH]1. The summed E-state index contributed by atoms with van der Waals surface area (Å²) in [5.74, 6) is 0.879. The number of aromatic amines is 1. The van der Waals surface area contributed by atoms with E-state index in [1.807, 2.05) is 0 Å². The number of guanidine groups is 1. The van der Waals surface area contributed by atoms with Gasteiger partial charge in [0.05, 0.1) is 25.1 Å². The lowest BCUT2D eigenvalue weighted by Gasteiger charge is -2.03. The minimum atomic E-state index is 0.742. The molecule has 2 rings (SSSR count). The largest absolute Gasteiger partial charge is 0.355 e. The van der Waals surface area contributed by atoms with Crippen LogP contribution in [0.5, 0.6) is 0 Å². The maximum Gasteiger partial charge on any atom is 0.191 e. The maximum absolute atomic E-state index is 4.20. The van der Waals surface area contributed by atoms with Crippen molar-refractivity contribution in [3.8, 4) is 0 Å². The molecule has 0 saturated heterocycles. The van der Waals surface area contributed by atoms with Crippen molar-refractivity contribution >= 4 is 5.96 Å². The van der Waals surface area contributed by atoms with E-state index < -0.39 is 0 Å². The third-order valence-corrected chi connectivity index (χ3v) is 1.68. The zero-order valence-electron chi connectivity index (χ0n) is 6.67. The molecular formula is C7H11N5. The van der Waals surface area contributed by atoms with Crippen LogP contribution in [0.4, 0.5) is 0 Å². The molecule has 0 spiro atoms. The van der Waals surface area contributed by atoms with Crippen molar-refractivity contribution < 1.29 is 0 Å². The fourth-order valence-electron chi connectivity index (χ4n) is 1.08. The van der Waals surface area contributed by atoms with Crippen LogP contribution in [0.3, 0.4) is 0 Å². The number of hydrogen-bond donors (Lipinski definition) is 3. The lowest BCUT2D eigenvalue weighted by Crippen LogP contribution is -2.33. The molecule has 0 aliphatic carbocycles. The Kier molecular flexibility index (Phi) is 1.94. The smallest absolute Gasteiger partial charge is 0.191 e. The van der Waals surface area contributed by atoms with Crippen molar-refractivity contribution in [2.24, 2.45) is 4.99 Å². The van der Waals surface area contributed by atoms with Gasteiger partial charge in [0.1, 0.15) is 0 Å². The van der Waals surface area contributed by atoms with Gasteiger partial charge in [0, 0.05) is 12.7 Å². The molecule has 0 amide bonds. The van der Waals surface area contributed by atoms with Gasteiger partial charge in [0.25, 0.3) is 0 Å². The first-order chi connectivity index (χ1) is 5.95. The molecule has 2 heterocycles. The summed E-state index contributed by atoms with van der Waals surface area (Å²) in [6.07, 6.45) is 3.46. The fraction of sp³-hybridized carbons (Fsp3) is 0.429. The topological polar surface area (TPSA) is 65.1 Å². The van der Waals surface area contributed by atoms with Gasteiger partial charge in [-0.25, -0.2) is 4.98 Å². The first kappa shape index (κ1) is 7.15. The molecule has 0 atom stereocenters. The van der Waals surface area contributed by atoms with Crippen LogP contribution >= 0.6 is 0 Å². The number of H-pyrrole nitrogens is 1. The molecule has 0 aromatic carbocycles. The molecule has 5 nitrogen and oxygen atoms in total. The second kappa shape index (κ2) is 3.25. The zero-order chi connectivity index (χ0) is 8.23. The molecule has 3 N–H and O–H groups in total. The van der Waals surface area contributed by atoms with Gasteiger partial charge in [-0.15, -0.1) is 0 Å². The van der Waals surface area contributed by atoms with Gasteiger partial charge in [-0.05, 0) is 0 Å². The van der Waals surface area contributed by atoms with Gasteiger partial charge >= 0.3 is 0 Å². The third kappa shape index (κ3) is 1.55. The highest BCUT2D eigenvalue weighted by molar-refractivity contribution is 5.81. The van der Waals surface area contributed by atoms with Gasteiger partial charge in [-0.2, -0.15) is 0 Å². The third-order valence-electron chi connectivity index (χ3n) is 1.68. The first-order valence-electron chi connectivity index (χ1n) is 3.94.